The highest BCUT2D eigenvalue weighted by molar-refractivity contribution is 5.88. The van der Waals surface area contributed by atoms with E-state index in [2.05, 4.69) is 115 Å². The minimum atomic E-state index is 0.688. The van der Waals surface area contributed by atoms with E-state index in [4.69, 9.17) is 0 Å². The third kappa shape index (κ3) is 6.09. The van der Waals surface area contributed by atoms with E-state index < -0.39 is 0 Å². The number of rotatable bonds is 10. The first-order chi connectivity index (χ1) is 18.9. The number of aryl methyl sites for hydroxylation is 3. The predicted octanol–water partition coefficient (Wildman–Crippen LogP) is 8.51. The van der Waals surface area contributed by atoms with Gasteiger partial charge < -0.3 is 9.88 Å². The zero-order valence-electron chi connectivity index (χ0n) is 24.1. The molecule has 2 heterocycles. The molecule has 0 aliphatic rings. The highest BCUT2D eigenvalue weighted by atomic mass is 15.0. The number of hydrogen-bond acceptors (Lipinski definition) is 2. The molecule has 3 aromatic carbocycles. The molecule has 1 N–H and O–H groups in total. The van der Waals surface area contributed by atoms with Crippen LogP contribution >= 0.6 is 0 Å². The lowest BCUT2D eigenvalue weighted by Crippen LogP contribution is -2.01. The first kappa shape index (κ1) is 26.7. The largest absolute Gasteiger partial charge is 0.373 e. The van der Waals surface area contributed by atoms with Gasteiger partial charge in [0.15, 0.2) is 0 Å². The Balaban J connectivity index is 1.35. The van der Waals surface area contributed by atoms with E-state index in [0.29, 0.717) is 5.92 Å². The number of nitrogens with one attached hydrogen (secondary N) is 1. The average Bonchev–Trinajstić information content (AvgIpc) is 3.24. The molecule has 5 rings (SSSR count). The molecule has 0 atom stereocenters. The van der Waals surface area contributed by atoms with Crippen LogP contribution in [-0.2, 0) is 32.1 Å². The molecule has 0 aliphatic carbocycles. The Kier molecular flexibility index (Phi) is 8.16. The lowest BCUT2D eigenvalue weighted by Gasteiger charge is -2.12. The van der Waals surface area contributed by atoms with Crippen LogP contribution in [0.4, 0.5) is 5.82 Å². The summed E-state index contributed by atoms with van der Waals surface area (Å²) in [6, 6.07) is 29.5. The van der Waals surface area contributed by atoms with Crippen molar-refractivity contribution in [1.82, 2.24) is 9.55 Å². The quantitative estimate of drug-likeness (QED) is 0.202. The monoisotopic (exact) mass is 515 g/mol. The first-order valence-corrected chi connectivity index (χ1v) is 14.4. The molecule has 3 heteroatoms. The molecule has 0 aliphatic heterocycles. The lowest BCUT2D eigenvalue weighted by atomic mass is 9.98. The van der Waals surface area contributed by atoms with Gasteiger partial charge in [0.1, 0.15) is 5.82 Å². The number of hydrogen-bond donors (Lipinski definition) is 1. The number of aromatic nitrogens is 2. The Bertz CT molecular complexity index is 1520. The fourth-order valence-corrected chi connectivity index (χ4v) is 5.70. The average molecular weight is 516 g/mol. The van der Waals surface area contributed by atoms with Crippen LogP contribution in [0.15, 0.2) is 85.1 Å². The van der Waals surface area contributed by atoms with E-state index in [-0.39, 0.29) is 0 Å². The summed E-state index contributed by atoms with van der Waals surface area (Å²) in [7, 11) is 1.90. The van der Waals surface area contributed by atoms with Crippen LogP contribution in [0.2, 0.25) is 0 Å². The molecule has 2 aromatic heterocycles. The Labute approximate surface area is 233 Å². The van der Waals surface area contributed by atoms with Crippen molar-refractivity contribution in [2.45, 2.75) is 59.8 Å². The van der Waals surface area contributed by atoms with Crippen molar-refractivity contribution < 1.29 is 0 Å². The van der Waals surface area contributed by atoms with Gasteiger partial charge >= 0.3 is 0 Å². The van der Waals surface area contributed by atoms with Gasteiger partial charge in [0.05, 0.1) is 5.52 Å². The summed E-state index contributed by atoms with van der Waals surface area (Å²) < 4.78 is 2.46. The molecule has 0 saturated heterocycles. The van der Waals surface area contributed by atoms with Gasteiger partial charge in [-0.05, 0) is 109 Å². The minimum Gasteiger partial charge on any atom is -0.373 e. The predicted molar refractivity (Wildman–Crippen MR) is 166 cm³/mol. The number of anilines is 1. The van der Waals surface area contributed by atoms with Crippen molar-refractivity contribution in [1.29, 1.82) is 0 Å². The Hall–Kier alpha value is -3.85. The normalized spacial score (nSPS) is 11.4. The van der Waals surface area contributed by atoms with Gasteiger partial charge in [-0.1, -0.05) is 69.3 Å². The van der Waals surface area contributed by atoms with Gasteiger partial charge in [-0.3, -0.25) is 0 Å². The highest BCUT2D eigenvalue weighted by Gasteiger charge is 2.15. The second-order valence-electron chi connectivity index (χ2n) is 11.2. The Morgan fingerprint density at radius 2 is 1.41 bits per heavy atom. The Morgan fingerprint density at radius 3 is 2.05 bits per heavy atom. The van der Waals surface area contributed by atoms with Crippen molar-refractivity contribution >= 4 is 16.7 Å². The summed E-state index contributed by atoms with van der Waals surface area (Å²) in [5.41, 5.74) is 12.1. The van der Waals surface area contributed by atoms with Crippen LogP contribution in [0.3, 0.4) is 0 Å². The second-order valence-corrected chi connectivity index (χ2v) is 11.2. The standard InChI is InChI=1S/C36H41N3/c1-6-34-26(4)33-23-31(22-29-10-8-28(9-11-29)21-25(2)3)15-19-35(33)39(34)32-17-13-27(14-18-32)7-12-30-16-20-36(37-5)38-24-30/h8-11,13-20,23-25H,6-7,12,21-22H2,1-5H3,(H,37,38). The molecule has 0 bridgehead atoms. The van der Waals surface area contributed by atoms with E-state index in [0.717, 1.165) is 37.9 Å². The van der Waals surface area contributed by atoms with Crippen molar-refractivity contribution in [2.75, 3.05) is 12.4 Å². The van der Waals surface area contributed by atoms with Crippen LogP contribution < -0.4 is 5.32 Å². The van der Waals surface area contributed by atoms with E-state index in [9.17, 15) is 0 Å². The molecular weight excluding hydrogens is 474 g/mol. The molecule has 0 unspecified atom stereocenters. The van der Waals surface area contributed by atoms with Gasteiger partial charge in [-0.15, -0.1) is 0 Å². The molecule has 0 saturated carbocycles. The topological polar surface area (TPSA) is 29.9 Å². The number of pyridine rings is 1. The zero-order valence-corrected chi connectivity index (χ0v) is 24.1. The molecule has 39 heavy (non-hydrogen) atoms. The van der Waals surface area contributed by atoms with Crippen molar-refractivity contribution in [3.8, 4) is 5.69 Å². The number of benzene rings is 3. The number of nitrogens with zero attached hydrogens (tertiary/aromatic N) is 2. The van der Waals surface area contributed by atoms with Gasteiger partial charge in [-0.25, -0.2) is 4.98 Å². The van der Waals surface area contributed by atoms with Crippen molar-refractivity contribution in [3.05, 3.63) is 124 Å². The maximum atomic E-state index is 4.44. The van der Waals surface area contributed by atoms with Crippen molar-refractivity contribution in [3.63, 3.8) is 0 Å². The van der Waals surface area contributed by atoms with Crippen LogP contribution in [0, 0.1) is 12.8 Å². The van der Waals surface area contributed by atoms with E-state index in [1.54, 1.807) is 0 Å². The van der Waals surface area contributed by atoms with Crippen LogP contribution in [0.1, 0.15) is 59.8 Å². The maximum absolute atomic E-state index is 4.44. The van der Waals surface area contributed by atoms with E-state index in [1.165, 1.54) is 55.7 Å². The SMILES string of the molecule is CCc1c(C)c2cc(Cc3ccc(CC(C)C)cc3)ccc2n1-c1ccc(CCc2ccc(NC)nc2)cc1. The summed E-state index contributed by atoms with van der Waals surface area (Å²) in [5.74, 6) is 1.60. The fourth-order valence-electron chi connectivity index (χ4n) is 5.70. The van der Waals surface area contributed by atoms with Crippen molar-refractivity contribution in [2.24, 2.45) is 5.92 Å². The smallest absolute Gasteiger partial charge is 0.125 e. The minimum absolute atomic E-state index is 0.688. The molecule has 0 spiro atoms. The maximum Gasteiger partial charge on any atom is 0.125 e. The first-order valence-electron chi connectivity index (χ1n) is 14.4. The van der Waals surface area contributed by atoms with Crippen LogP contribution in [0.25, 0.3) is 16.6 Å². The molecule has 0 fully saturated rings. The Morgan fingerprint density at radius 1 is 0.769 bits per heavy atom. The molecule has 0 radical (unpaired) electrons. The van der Waals surface area contributed by atoms with E-state index >= 15 is 0 Å². The number of fused-ring (bicyclic) bond motifs is 1. The van der Waals surface area contributed by atoms with Gasteiger partial charge in [0, 0.05) is 30.0 Å². The summed E-state index contributed by atoms with van der Waals surface area (Å²) in [6.07, 6.45) is 7.08. The van der Waals surface area contributed by atoms with Gasteiger partial charge in [0.2, 0.25) is 0 Å². The second kappa shape index (κ2) is 11.9. The summed E-state index contributed by atoms with van der Waals surface area (Å²) in [5, 5.41) is 4.44. The summed E-state index contributed by atoms with van der Waals surface area (Å²) in [6.45, 7) is 9.10. The summed E-state index contributed by atoms with van der Waals surface area (Å²) in [4.78, 5) is 4.44. The zero-order chi connectivity index (χ0) is 27.4. The van der Waals surface area contributed by atoms with Crippen LogP contribution in [-0.4, -0.2) is 16.6 Å². The third-order valence-corrected chi connectivity index (χ3v) is 7.80. The highest BCUT2D eigenvalue weighted by Crippen LogP contribution is 2.31. The van der Waals surface area contributed by atoms with Gasteiger partial charge in [0.25, 0.3) is 0 Å². The lowest BCUT2D eigenvalue weighted by molar-refractivity contribution is 0.647. The summed E-state index contributed by atoms with van der Waals surface area (Å²) >= 11 is 0. The van der Waals surface area contributed by atoms with Crippen LogP contribution in [0.5, 0.6) is 0 Å². The molecule has 5 aromatic rings. The fraction of sp³-hybridized carbons (Fsp3) is 0.306. The molecule has 200 valence electrons. The third-order valence-electron chi connectivity index (χ3n) is 7.80. The molecule has 0 amide bonds. The van der Waals surface area contributed by atoms with Gasteiger partial charge in [-0.2, -0.15) is 0 Å². The molecular formula is C36H41N3. The van der Waals surface area contributed by atoms with E-state index in [1.807, 2.05) is 19.3 Å². The molecule has 3 nitrogen and oxygen atoms in total.